The van der Waals surface area contributed by atoms with Crippen molar-refractivity contribution in [2.45, 2.75) is 70.1 Å². The Morgan fingerprint density at radius 2 is 1.96 bits per heavy atom. The minimum absolute atomic E-state index is 0.0700. The number of hydrogen-bond donors (Lipinski definition) is 3. The van der Waals surface area contributed by atoms with Gasteiger partial charge in [0.2, 0.25) is 0 Å². The third kappa shape index (κ3) is 3.41. The van der Waals surface area contributed by atoms with E-state index in [-0.39, 0.29) is 12.1 Å². The molecule has 4 bridgehead atoms. The average molecular weight is 342 g/mol. The number of amides is 2. The van der Waals surface area contributed by atoms with Crippen molar-refractivity contribution < 1.29 is 9.90 Å². The van der Waals surface area contributed by atoms with Crippen LogP contribution in [0, 0.1) is 17.8 Å². The molecule has 5 rings (SSSR count). The molecule has 4 saturated carbocycles. The maximum atomic E-state index is 12.4. The number of urea groups is 1. The molecule has 4 aliphatic carbocycles. The van der Waals surface area contributed by atoms with Crippen LogP contribution < -0.4 is 10.6 Å². The molecule has 0 spiro atoms. The van der Waals surface area contributed by atoms with Gasteiger partial charge in [-0.25, -0.2) is 4.79 Å². The van der Waals surface area contributed by atoms with Crippen molar-refractivity contribution in [3.8, 4) is 0 Å². The van der Waals surface area contributed by atoms with Gasteiger partial charge in [0.25, 0.3) is 0 Å². The Balaban J connectivity index is 1.33. The summed E-state index contributed by atoms with van der Waals surface area (Å²) in [7, 11) is 0. The highest BCUT2D eigenvalue weighted by Crippen LogP contribution is 2.55. The van der Waals surface area contributed by atoms with Crippen LogP contribution in [0.5, 0.6) is 0 Å². The second kappa shape index (κ2) is 6.31. The Bertz CT molecular complexity index is 641. The molecule has 25 heavy (non-hydrogen) atoms. The molecule has 4 heteroatoms. The van der Waals surface area contributed by atoms with Gasteiger partial charge in [-0.15, -0.1) is 0 Å². The second-order valence-electron chi connectivity index (χ2n) is 8.95. The maximum Gasteiger partial charge on any atom is 0.315 e. The lowest BCUT2D eigenvalue weighted by Gasteiger charge is -2.58. The van der Waals surface area contributed by atoms with Crippen LogP contribution in [-0.4, -0.2) is 22.8 Å². The lowest BCUT2D eigenvalue weighted by atomic mass is 9.52. The van der Waals surface area contributed by atoms with Gasteiger partial charge in [0.05, 0.1) is 5.60 Å². The number of carbonyl (C=O) groups is 1. The fourth-order valence-electron chi connectivity index (χ4n) is 5.66. The molecule has 1 aromatic carbocycles. The van der Waals surface area contributed by atoms with E-state index in [0.29, 0.717) is 30.2 Å². The van der Waals surface area contributed by atoms with Crippen molar-refractivity contribution >= 4 is 6.03 Å². The van der Waals surface area contributed by atoms with Gasteiger partial charge in [0.1, 0.15) is 0 Å². The van der Waals surface area contributed by atoms with E-state index in [1.807, 2.05) is 0 Å². The molecule has 0 radical (unpaired) electrons. The summed E-state index contributed by atoms with van der Waals surface area (Å²) in [5, 5.41) is 16.9. The molecule has 0 aromatic heterocycles. The van der Waals surface area contributed by atoms with Gasteiger partial charge in [-0.05, 0) is 66.9 Å². The summed E-state index contributed by atoms with van der Waals surface area (Å²) >= 11 is 0. The SMILES string of the molecule is CC(C)c1cccc(CNC(=O)NC2C3CC4CC2CC(O)(C4)C3)c1. The number of aliphatic hydroxyl groups is 1. The summed E-state index contributed by atoms with van der Waals surface area (Å²) in [6.07, 6.45) is 5.04. The van der Waals surface area contributed by atoms with Crippen molar-refractivity contribution in [1.82, 2.24) is 10.6 Å². The zero-order valence-corrected chi connectivity index (χ0v) is 15.3. The first-order chi connectivity index (χ1) is 11.9. The standard InChI is InChI=1S/C21H30N2O2/c1-13(2)16-5-3-4-14(6-16)12-22-20(24)23-19-17-7-15-8-18(19)11-21(25,9-15)10-17/h3-6,13,15,17-19,25H,7-12H2,1-2H3,(H2,22,23,24). The van der Waals surface area contributed by atoms with E-state index in [2.05, 4.69) is 48.7 Å². The van der Waals surface area contributed by atoms with E-state index in [9.17, 15) is 9.90 Å². The highest BCUT2D eigenvalue weighted by Gasteiger charge is 2.54. The number of rotatable bonds is 4. The van der Waals surface area contributed by atoms with Crippen LogP contribution in [0.1, 0.15) is 63.0 Å². The highest BCUT2D eigenvalue weighted by atomic mass is 16.3. The van der Waals surface area contributed by atoms with Crippen LogP contribution in [0.4, 0.5) is 4.79 Å². The molecular formula is C21H30N2O2. The van der Waals surface area contributed by atoms with Gasteiger partial charge in [-0.1, -0.05) is 38.1 Å². The Kier molecular flexibility index (Phi) is 4.27. The van der Waals surface area contributed by atoms with E-state index in [0.717, 1.165) is 24.8 Å². The first kappa shape index (κ1) is 16.9. The Morgan fingerprint density at radius 3 is 2.60 bits per heavy atom. The summed E-state index contributed by atoms with van der Waals surface area (Å²) in [5.74, 6) is 2.06. The molecule has 1 aromatic rings. The molecular weight excluding hydrogens is 312 g/mol. The molecule has 4 nitrogen and oxygen atoms in total. The topological polar surface area (TPSA) is 61.4 Å². The quantitative estimate of drug-likeness (QED) is 0.784. The van der Waals surface area contributed by atoms with Crippen LogP contribution in [0.2, 0.25) is 0 Å². The predicted molar refractivity (Wildman–Crippen MR) is 98.2 cm³/mol. The highest BCUT2D eigenvalue weighted by molar-refractivity contribution is 5.74. The number of nitrogens with one attached hydrogen (secondary N) is 2. The fourth-order valence-corrected chi connectivity index (χ4v) is 5.66. The molecule has 2 amide bonds. The zero-order valence-electron chi connectivity index (χ0n) is 15.3. The minimum atomic E-state index is -0.442. The van der Waals surface area contributed by atoms with E-state index >= 15 is 0 Å². The van der Waals surface area contributed by atoms with Crippen LogP contribution >= 0.6 is 0 Å². The Hall–Kier alpha value is -1.55. The van der Waals surface area contributed by atoms with Gasteiger partial charge < -0.3 is 15.7 Å². The normalized spacial score (nSPS) is 35.8. The van der Waals surface area contributed by atoms with Gasteiger partial charge in [0, 0.05) is 12.6 Å². The number of carbonyl (C=O) groups excluding carboxylic acids is 1. The second-order valence-corrected chi connectivity index (χ2v) is 8.95. The summed E-state index contributed by atoms with van der Waals surface area (Å²) in [4.78, 5) is 12.4. The third-order valence-electron chi connectivity index (χ3n) is 6.61. The molecule has 136 valence electrons. The lowest BCUT2D eigenvalue weighted by Crippen LogP contribution is -2.62. The third-order valence-corrected chi connectivity index (χ3v) is 6.61. The lowest BCUT2D eigenvalue weighted by molar-refractivity contribution is -0.136. The van der Waals surface area contributed by atoms with Crippen molar-refractivity contribution in [1.29, 1.82) is 0 Å². The first-order valence-corrected chi connectivity index (χ1v) is 9.77. The number of hydrogen-bond acceptors (Lipinski definition) is 2. The molecule has 2 unspecified atom stereocenters. The molecule has 4 aliphatic rings. The molecule has 4 fully saturated rings. The molecule has 0 aliphatic heterocycles. The van der Waals surface area contributed by atoms with Gasteiger partial charge in [-0.2, -0.15) is 0 Å². The van der Waals surface area contributed by atoms with Gasteiger partial charge in [-0.3, -0.25) is 0 Å². The summed E-state index contributed by atoms with van der Waals surface area (Å²) < 4.78 is 0. The van der Waals surface area contributed by atoms with E-state index < -0.39 is 5.60 Å². The fraction of sp³-hybridized carbons (Fsp3) is 0.667. The smallest absolute Gasteiger partial charge is 0.315 e. The van der Waals surface area contributed by atoms with E-state index in [4.69, 9.17) is 0 Å². The summed E-state index contributed by atoms with van der Waals surface area (Å²) in [5.41, 5.74) is 2.00. The van der Waals surface area contributed by atoms with Gasteiger partial charge in [0.15, 0.2) is 0 Å². The largest absolute Gasteiger partial charge is 0.390 e. The van der Waals surface area contributed by atoms with Crippen LogP contribution in [0.15, 0.2) is 24.3 Å². The summed E-state index contributed by atoms with van der Waals surface area (Å²) in [6.45, 7) is 4.92. The molecule has 3 N–H and O–H groups in total. The van der Waals surface area contributed by atoms with Crippen LogP contribution in [-0.2, 0) is 6.54 Å². The molecule has 2 atom stereocenters. The van der Waals surface area contributed by atoms with Crippen molar-refractivity contribution in [2.75, 3.05) is 0 Å². The van der Waals surface area contributed by atoms with E-state index in [1.54, 1.807) is 0 Å². The van der Waals surface area contributed by atoms with E-state index in [1.165, 1.54) is 18.4 Å². The van der Waals surface area contributed by atoms with Crippen LogP contribution in [0.25, 0.3) is 0 Å². The van der Waals surface area contributed by atoms with Crippen molar-refractivity contribution in [2.24, 2.45) is 17.8 Å². The Morgan fingerprint density at radius 1 is 1.24 bits per heavy atom. The van der Waals surface area contributed by atoms with Crippen LogP contribution in [0.3, 0.4) is 0 Å². The zero-order chi connectivity index (χ0) is 17.6. The Labute approximate surface area is 150 Å². The number of benzene rings is 1. The summed E-state index contributed by atoms with van der Waals surface area (Å²) in [6, 6.07) is 8.59. The van der Waals surface area contributed by atoms with Crippen molar-refractivity contribution in [3.63, 3.8) is 0 Å². The molecule has 0 heterocycles. The van der Waals surface area contributed by atoms with Gasteiger partial charge >= 0.3 is 6.03 Å². The predicted octanol–water partition coefficient (Wildman–Crippen LogP) is 3.55. The maximum absolute atomic E-state index is 12.4. The molecule has 0 saturated heterocycles. The minimum Gasteiger partial charge on any atom is -0.390 e. The average Bonchev–Trinajstić information content (AvgIpc) is 2.55. The first-order valence-electron chi connectivity index (χ1n) is 9.77. The monoisotopic (exact) mass is 342 g/mol. The van der Waals surface area contributed by atoms with Crippen molar-refractivity contribution in [3.05, 3.63) is 35.4 Å².